The first-order valence-electron chi connectivity index (χ1n) is 7.68. The first-order chi connectivity index (χ1) is 11.7. The van der Waals surface area contributed by atoms with Crippen molar-refractivity contribution < 1.29 is 19.1 Å². The van der Waals surface area contributed by atoms with Crippen molar-refractivity contribution in [2.24, 2.45) is 0 Å². The molecule has 4 rings (SSSR count). The number of fused-ring (bicyclic) bond motifs is 2. The molecule has 1 aromatic heterocycles. The van der Waals surface area contributed by atoms with Crippen LogP contribution in [0.25, 0.3) is 0 Å². The van der Waals surface area contributed by atoms with E-state index < -0.39 is 0 Å². The lowest BCUT2D eigenvalue weighted by atomic mass is 10.1. The normalized spacial score (nSPS) is 16.0. The third-order valence-corrected chi connectivity index (χ3v) is 3.97. The van der Waals surface area contributed by atoms with E-state index in [1.165, 1.54) is 0 Å². The van der Waals surface area contributed by atoms with Crippen LogP contribution in [-0.2, 0) is 4.79 Å². The van der Waals surface area contributed by atoms with Crippen LogP contribution >= 0.6 is 0 Å². The van der Waals surface area contributed by atoms with Gasteiger partial charge in [0.1, 0.15) is 13.2 Å². The lowest BCUT2D eigenvalue weighted by Gasteiger charge is -2.25. The summed E-state index contributed by atoms with van der Waals surface area (Å²) in [5, 5.41) is 2.79. The monoisotopic (exact) mass is 325 g/mol. The van der Waals surface area contributed by atoms with Gasteiger partial charge >= 0.3 is 0 Å². The Kier molecular flexibility index (Phi) is 3.53. The second kappa shape index (κ2) is 5.84. The minimum Gasteiger partial charge on any atom is -0.486 e. The maximum atomic E-state index is 13.1. The molecule has 0 spiro atoms. The van der Waals surface area contributed by atoms with Crippen molar-refractivity contribution in [3.8, 4) is 11.5 Å². The molecule has 1 N–H and O–H groups in total. The molecule has 3 heterocycles. The fourth-order valence-electron chi connectivity index (χ4n) is 2.85. The van der Waals surface area contributed by atoms with E-state index in [0.29, 0.717) is 41.7 Å². The third kappa shape index (κ3) is 2.44. The molecule has 0 aliphatic carbocycles. The van der Waals surface area contributed by atoms with Crippen LogP contribution in [0.3, 0.4) is 0 Å². The Morgan fingerprint density at radius 1 is 1.21 bits per heavy atom. The number of carbonyl (C=O) groups is 2. The maximum absolute atomic E-state index is 13.1. The van der Waals surface area contributed by atoms with Gasteiger partial charge in [-0.05, 0) is 18.2 Å². The second-order valence-electron chi connectivity index (χ2n) is 5.48. The number of nitrogens with zero attached hydrogens (tertiary/aromatic N) is 2. The SMILES string of the molecule is O=C1CCN(C(=O)c2cccc3c2OCCO3)c2cnccc2N1. The molecule has 0 saturated carbocycles. The topological polar surface area (TPSA) is 80.8 Å². The summed E-state index contributed by atoms with van der Waals surface area (Å²) in [6.07, 6.45) is 3.37. The number of ether oxygens (including phenoxy) is 2. The number of aromatic nitrogens is 1. The fourth-order valence-corrected chi connectivity index (χ4v) is 2.85. The second-order valence-corrected chi connectivity index (χ2v) is 5.48. The van der Waals surface area contributed by atoms with Crippen molar-refractivity contribution in [1.29, 1.82) is 0 Å². The van der Waals surface area contributed by atoms with Gasteiger partial charge in [-0.1, -0.05) is 6.07 Å². The van der Waals surface area contributed by atoms with Crippen molar-refractivity contribution >= 4 is 23.2 Å². The van der Waals surface area contributed by atoms with Gasteiger partial charge in [0.15, 0.2) is 11.5 Å². The number of pyridine rings is 1. The van der Waals surface area contributed by atoms with Crippen LogP contribution in [-0.4, -0.2) is 36.6 Å². The summed E-state index contributed by atoms with van der Waals surface area (Å²) in [7, 11) is 0. The van der Waals surface area contributed by atoms with Crippen LogP contribution in [0.5, 0.6) is 11.5 Å². The molecule has 0 saturated heterocycles. The number of carbonyl (C=O) groups excluding carboxylic acids is 2. The molecule has 2 aromatic rings. The van der Waals surface area contributed by atoms with Crippen LogP contribution in [0, 0.1) is 0 Å². The molecule has 2 aliphatic heterocycles. The van der Waals surface area contributed by atoms with E-state index in [-0.39, 0.29) is 24.8 Å². The maximum Gasteiger partial charge on any atom is 0.262 e. The van der Waals surface area contributed by atoms with Crippen LogP contribution < -0.4 is 19.7 Å². The van der Waals surface area contributed by atoms with Gasteiger partial charge in [0.25, 0.3) is 5.91 Å². The van der Waals surface area contributed by atoms with E-state index in [4.69, 9.17) is 9.47 Å². The lowest BCUT2D eigenvalue weighted by molar-refractivity contribution is -0.115. The number of benzene rings is 1. The summed E-state index contributed by atoms with van der Waals surface area (Å²) in [6, 6.07) is 6.91. The molecule has 0 radical (unpaired) electrons. The number of amides is 2. The number of hydrogen-bond acceptors (Lipinski definition) is 5. The van der Waals surface area contributed by atoms with E-state index in [9.17, 15) is 9.59 Å². The van der Waals surface area contributed by atoms with Gasteiger partial charge in [0.05, 0.1) is 23.1 Å². The summed E-state index contributed by atoms with van der Waals surface area (Å²) in [4.78, 5) is 30.6. The molecular formula is C17H15N3O4. The van der Waals surface area contributed by atoms with Crippen LogP contribution in [0.4, 0.5) is 11.4 Å². The van der Waals surface area contributed by atoms with Crippen molar-refractivity contribution in [2.45, 2.75) is 6.42 Å². The summed E-state index contributed by atoms with van der Waals surface area (Å²) in [5.74, 6) is 0.626. The van der Waals surface area contributed by atoms with E-state index in [1.54, 1.807) is 41.6 Å². The van der Waals surface area contributed by atoms with Gasteiger partial charge in [-0.15, -0.1) is 0 Å². The minimum atomic E-state index is -0.247. The Morgan fingerprint density at radius 3 is 3.00 bits per heavy atom. The van der Waals surface area contributed by atoms with Gasteiger partial charge in [-0.25, -0.2) is 0 Å². The average Bonchev–Trinajstić information content (AvgIpc) is 2.79. The molecular weight excluding hydrogens is 310 g/mol. The van der Waals surface area contributed by atoms with E-state index in [2.05, 4.69) is 10.3 Å². The predicted molar refractivity (Wildman–Crippen MR) is 86.6 cm³/mol. The minimum absolute atomic E-state index is 0.132. The van der Waals surface area contributed by atoms with Crippen LogP contribution in [0.1, 0.15) is 16.8 Å². The highest BCUT2D eigenvalue weighted by atomic mass is 16.6. The molecule has 7 heteroatoms. The largest absolute Gasteiger partial charge is 0.486 e. The quantitative estimate of drug-likeness (QED) is 0.865. The molecule has 0 fully saturated rings. The summed E-state index contributed by atoms with van der Waals surface area (Å²) in [6.45, 7) is 1.13. The van der Waals surface area contributed by atoms with Gasteiger partial charge in [0, 0.05) is 19.2 Å². The molecule has 0 atom stereocenters. The fraction of sp³-hybridized carbons (Fsp3) is 0.235. The zero-order valence-electron chi connectivity index (χ0n) is 12.8. The lowest BCUT2D eigenvalue weighted by Crippen LogP contribution is -2.33. The van der Waals surface area contributed by atoms with Crippen LogP contribution in [0.15, 0.2) is 36.7 Å². The Hall–Kier alpha value is -3.09. The average molecular weight is 325 g/mol. The summed E-state index contributed by atoms with van der Waals surface area (Å²) < 4.78 is 11.2. The molecule has 2 amide bonds. The summed E-state index contributed by atoms with van der Waals surface area (Å²) in [5.41, 5.74) is 1.56. The summed E-state index contributed by atoms with van der Waals surface area (Å²) >= 11 is 0. The van der Waals surface area contributed by atoms with Gasteiger partial charge < -0.3 is 19.7 Å². The number of hydrogen-bond donors (Lipinski definition) is 1. The number of para-hydroxylation sites is 1. The van der Waals surface area contributed by atoms with Gasteiger partial charge in [0.2, 0.25) is 5.91 Å². The first-order valence-corrected chi connectivity index (χ1v) is 7.68. The molecule has 2 aliphatic rings. The van der Waals surface area contributed by atoms with Crippen LogP contribution in [0.2, 0.25) is 0 Å². The highest BCUT2D eigenvalue weighted by molar-refractivity contribution is 6.12. The predicted octanol–water partition coefficient (Wildman–Crippen LogP) is 1.84. The van der Waals surface area contributed by atoms with E-state index >= 15 is 0 Å². The zero-order chi connectivity index (χ0) is 16.5. The Bertz CT molecular complexity index is 821. The smallest absolute Gasteiger partial charge is 0.262 e. The van der Waals surface area contributed by atoms with Crippen molar-refractivity contribution in [3.63, 3.8) is 0 Å². The Labute approximate surface area is 138 Å². The number of rotatable bonds is 1. The van der Waals surface area contributed by atoms with Crippen molar-refractivity contribution in [2.75, 3.05) is 30.0 Å². The number of anilines is 2. The molecule has 7 nitrogen and oxygen atoms in total. The molecule has 0 unspecified atom stereocenters. The highest BCUT2D eigenvalue weighted by Gasteiger charge is 2.29. The van der Waals surface area contributed by atoms with E-state index in [0.717, 1.165) is 0 Å². The Morgan fingerprint density at radius 2 is 2.08 bits per heavy atom. The van der Waals surface area contributed by atoms with Crippen molar-refractivity contribution in [3.05, 3.63) is 42.2 Å². The number of nitrogens with one attached hydrogen (secondary N) is 1. The highest BCUT2D eigenvalue weighted by Crippen LogP contribution is 2.36. The zero-order valence-corrected chi connectivity index (χ0v) is 12.8. The standard InChI is InChI=1S/C17H15N3O4/c21-15-5-7-20(13-10-18-6-4-12(13)19-15)17(22)11-2-1-3-14-16(11)24-9-8-23-14/h1-4,6,10H,5,7-9H2,(H,19,21). The molecule has 122 valence electrons. The first kappa shape index (κ1) is 14.5. The molecule has 24 heavy (non-hydrogen) atoms. The molecule has 0 bridgehead atoms. The third-order valence-electron chi connectivity index (χ3n) is 3.97. The van der Waals surface area contributed by atoms with Gasteiger partial charge in [-0.2, -0.15) is 0 Å². The van der Waals surface area contributed by atoms with Crippen molar-refractivity contribution in [1.82, 2.24) is 4.98 Å². The van der Waals surface area contributed by atoms with E-state index in [1.807, 2.05) is 0 Å². The molecule has 1 aromatic carbocycles. The Balaban J connectivity index is 1.76. The van der Waals surface area contributed by atoms with Gasteiger partial charge in [-0.3, -0.25) is 14.6 Å².